The molecule has 2 unspecified atom stereocenters. The molecule has 0 bridgehead atoms. The molecule has 0 spiro atoms. The minimum atomic E-state index is -0.992. The van der Waals surface area contributed by atoms with Crippen LogP contribution in [0.5, 0.6) is 0 Å². The van der Waals surface area contributed by atoms with E-state index in [0.717, 1.165) is 12.3 Å². The number of rotatable bonds is 4. The predicted octanol–water partition coefficient (Wildman–Crippen LogP) is 0.583. The summed E-state index contributed by atoms with van der Waals surface area (Å²) < 4.78 is 17.9. The van der Waals surface area contributed by atoms with Crippen molar-refractivity contribution >= 4 is 11.9 Å². The van der Waals surface area contributed by atoms with E-state index < -0.39 is 23.8 Å². The van der Waals surface area contributed by atoms with Crippen LogP contribution in [0.1, 0.15) is 23.3 Å². The molecule has 0 radical (unpaired) electrons. The highest BCUT2D eigenvalue weighted by Gasteiger charge is 2.30. The lowest BCUT2D eigenvalue weighted by atomic mass is 10.2. The van der Waals surface area contributed by atoms with Crippen molar-refractivity contribution in [1.29, 1.82) is 0 Å². The number of ether oxygens (including phenoxy) is 1. The van der Waals surface area contributed by atoms with E-state index >= 15 is 0 Å². The number of nitrogens with zero attached hydrogens (tertiary/aromatic N) is 1. The van der Waals surface area contributed by atoms with Gasteiger partial charge in [-0.3, -0.25) is 4.79 Å². The van der Waals surface area contributed by atoms with Gasteiger partial charge in [-0.25, -0.2) is 14.2 Å². The van der Waals surface area contributed by atoms with E-state index in [1.807, 2.05) is 0 Å². The van der Waals surface area contributed by atoms with Crippen LogP contribution in [0.2, 0.25) is 0 Å². The first-order valence-electron chi connectivity index (χ1n) is 5.84. The van der Waals surface area contributed by atoms with Crippen molar-refractivity contribution in [2.24, 2.45) is 0 Å². The van der Waals surface area contributed by atoms with Crippen LogP contribution >= 0.6 is 0 Å². The molecule has 1 aliphatic rings. The highest BCUT2D eigenvalue weighted by atomic mass is 19.1. The molecule has 0 aromatic carbocycles. The number of hydrogen-bond donors (Lipinski definition) is 2. The Kier molecular flexibility index (Phi) is 4.06. The Morgan fingerprint density at radius 2 is 2.26 bits per heavy atom. The maximum Gasteiger partial charge on any atom is 0.332 e. The van der Waals surface area contributed by atoms with E-state index in [1.54, 1.807) is 0 Å². The summed E-state index contributed by atoms with van der Waals surface area (Å²) in [7, 11) is 0. The van der Waals surface area contributed by atoms with Crippen LogP contribution in [0.3, 0.4) is 0 Å². The number of carboxylic acids is 1. The van der Waals surface area contributed by atoms with Gasteiger partial charge in [-0.2, -0.15) is 0 Å². The number of carboxylic acid groups (broad SMARTS) is 1. The van der Waals surface area contributed by atoms with Gasteiger partial charge in [-0.15, -0.1) is 0 Å². The molecule has 102 valence electrons. The third-order valence-electron chi connectivity index (χ3n) is 2.83. The summed E-state index contributed by atoms with van der Waals surface area (Å²) in [6.07, 6.45) is 0.858. The lowest BCUT2D eigenvalue weighted by Gasteiger charge is -2.12. The summed E-state index contributed by atoms with van der Waals surface area (Å²) in [5.74, 6) is -1.95. The number of carbonyl (C=O) groups is 2. The van der Waals surface area contributed by atoms with Gasteiger partial charge in [0.2, 0.25) is 0 Å². The number of aromatic nitrogens is 1. The number of pyridine rings is 1. The van der Waals surface area contributed by atoms with Crippen LogP contribution in [0.15, 0.2) is 18.3 Å². The van der Waals surface area contributed by atoms with E-state index in [9.17, 15) is 14.0 Å². The molecule has 2 heterocycles. The van der Waals surface area contributed by atoms with Crippen molar-refractivity contribution in [2.75, 3.05) is 6.54 Å². The maximum absolute atomic E-state index is 12.6. The van der Waals surface area contributed by atoms with Crippen LogP contribution in [0.4, 0.5) is 4.39 Å². The summed E-state index contributed by atoms with van der Waals surface area (Å²) in [5.41, 5.74) is 0.106. The average Bonchev–Trinajstić information content (AvgIpc) is 2.86. The minimum absolute atomic E-state index is 0.106. The molecule has 0 saturated carbocycles. The van der Waals surface area contributed by atoms with E-state index in [0.29, 0.717) is 12.8 Å². The lowest BCUT2D eigenvalue weighted by Crippen LogP contribution is -2.33. The van der Waals surface area contributed by atoms with Crippen molar-refractivity contribution in [3.8, 4) is 0 Å². The zero-order valence-electron chi connectivity index (χ0n) is 10.0. The number of amides is 1. The normalized spacial score (nSPS) is 22.2. The van der Waals surface area contributed by atoms with Crippen molar-refractivity contribution < 1.29 is 23.8 Å². The lowest BCUT2D eigenvalue weighted by molar-refractivity contribution is -0.149. The second-order valence-corrected chi connectivity index (χ2v) is 4.23. The molecule has 19 heavy (non-hydrogen) atoms. The van der Waals surface area contributed by atoms with Gasteiger partial charge >= 0.3 is 5.97 Å². The fourth-order valence-corrected chi connectivity index (χ4v) is 1.84. The molecular weight excluding hydrogens is 255 g/mol. The summed E-state index contributed by atoms with van der Waals surface area (Å²) >= 11 is 0. The molecule has 1 aliphatic heterocycles. The molecule has 0 aliphatic carbocycles. The molecule has 7 heteroatoms. The molecular formula is C12H13FN2O4. The van der Waals surface area contributed by atoms with Gasteiger partial charge in [-0.1, -0.05) is 0 Å². The fraction of sp³-hybridized carbons (Fsp3) is 0.417. The minimum Gasteiger partial charge on any atom is -0.479 e. The average molecular weight is 268 g/mol. The Morgan fingerprint density at radius 3 is 2.84 bits per heavy atom. The number of hydrogen-bond acceptors (Lipinski definition) is 4. The SMILES string of the molecule is O=C(NCC1CCC(C(=O)O)O1)c1ccc(F)cn1. The largest absolute Gasteiger partial charge is 0.479 e. The topological polar surface area (TPSA) is 88.5 Å². The third kappa shape index (κ3) is 3.47. The van der Waals surface area contributed by atoms with Gasteiger partial charge in [0.05, 0.1) is 12.3 Å². The highest BCUT2D eigenvalue weighted by molar-refractivity contribution is 5.92. The van der Waals surface area contributed by atoms with Gasteiger partial charge in [0.25, 0.3) is 5.91 Å². The second kappa shape index (κ2) is 5.75. The van der Waals surface area contributed by atoms with Crippen LogP contribution in [0, 0.1) is 5.82 Å². The molecule has 1 fully saturated rings. The van der Waals surface area contributed by atoms with Gasteiger partial charge in [0.1, 0.15) is 11.5 Å². The first-order chi connectivity index (χ1) is 9.06. The van der Waals surface area contributed by atoms with E-state index in [4.69, 9.17) is 9.84 Å². The van der Waals surface area contributed by atoms with Crippen LogP contribution in [-0.2, 0) is 9.53 Å². The summed E-state index contributed by atoms with van der Waals surface area (Å²) in [4.78, 5) is 26.0. The molecule has 1 amide bonds. The zero-order valence-corrected chi connectivity index (χ0v) is 10.0. The fourth-order valence-electron chi connectivity index (χ4n) is 1.84. The maximum atomic E-state index is 12.6. The Morgan fingerprint density at radius 1 is 1.47 bits per heavy atom. The Bertz CT molecular complexity index is 477. The van der Waals surface area contributed by atoms with Crippen LogP contribution < -0.4 is 5.32 Å². The van der Waals surface area contributed by atoms with E-state index in [-0.39, 0.29) is 18.3 Å². The summed E-state index contributed by atoms with van der Waals surface area (Å²) in [6, 6.07) is 2.43. The molecule has 2 N–H and O–H groups in total. The van der Waals surface area contributed by atoms with Crippen molar-refractivity contribution in [3.63, 3.8) is 0 Å². The highest BCUT2D eigenvalue weighted by Crippen LogP contribution is 2.19. The summed E-state index contributed by atoms with van der Waals surface area (Å²) in [5, 5.41) is 11.3. The Labute approximate surface area is 108 Å². The quantitative estimate of drug-likeness (QED) is 0.834. The molecule has 1 aromatic heterocycles. The molecule has 1 saturated heterocycles. The van der Waals surface area contributed by atoms with Gasteiger partial charge in [-0.05, 0) is 25.0 Å². The first-order valence-corrected chi connectivity index (χ1v) is 5.84. The number of halogens is 1. The molecule has 6 nitrogen and oxygen atoms in total. The van der Waals surface area contributed by atoms with E-state index in [2.05, 4.69) is 10.3 Å². The van der Waals surface area contributed by atoms with Gasteiger partial charge < -0.3 is 15.2 Å². The second-order valence-electron chi connectivity index (χ2n) is 4.23. The number of aliphatic carboxylic acids is 1. The zero-order chi connectivity index (χ0) is 13.8. The van der Waals surface area contributed by atoms with Crippen LogP contribution in [-0.4, -0.2) is 40.7 Å². The Balaban J connectivity index is 1.81. The standard InChI is InChI=1S/C12H13FN2O4/c13-7-1-3-9(14-5-7)11(16)15-6-8-2-4-10(19-8)12(17)18/h1,3,5,8,10H,2,4,6H2,(H,15,16)(H,17,18). The van der Waals surface area contributed by atoms with Gasteiger partial charge in [0.15, 0.2) is 6.10 Å². The van der Waals surface area contributed by atoms with Crippen LogP contribution in [0.25, 0.3) is 0 Å². The van der Waals surface area contributed by atoms with Crippen molar-refractivity contribution in [3.05, 3.63) is 29.8 Å². The monoisotopic (exact) mass is 268 g/mol. The molecule has 1 aromatic rings. The molecule has 2 rings (SSSR count). The number of carbonyl (C=O) groups excluding carboxylic acids is 1. The molecule has 2 atom stereocenters. The summed E-state index contributed by atoms with van der Waals surface area (Å²) in [6.45, 7) is 0.210. The number of nitrogens with one attached hydrogen (secondary N) is 1. The van der Waals surface area contributed by atoms with Crippen molar-refractivity contribution in [2.45, 2.75) is 25.0 Å². The van der Waals surface area contributed by atoms with E-state index in [1.165, 1.54) is 6.07 Å². The van der Waals surface area contributed by atoms with Gasteiger partial charge in [0, 0.05) is 6.54 Å². The Hall–Kier alpha value is -2.02. The smallest absolute Gasteiger partial charge is 0.332 e. The predicted molar refractivity (Wildman–Crippen MR) is 62.1 cm³/mol. The first kappa shape index (κ1) is 13.4. The van der Waals surface area contributed by atoms with Crippen molar-refractivity contribution in [1.82, 2.24) is 10.3 Å². The third-order valence-corrected chi connectivity index (χ3v) is 2.83.